The van der Waals surface area contributed by atoms with Crippen molar-refractivity contribution in [1.82, 2.24) is 9.38 Å². The molecule has 0 fully saturated rings. The molecule has 1 N–H and O–H groups in total. The van der Waals surface area contributed by atoms with Gasteiger partial charge in [-0.1, -0.05) is 29.8 Å². The molecule has 2 aromatic heterocycles. The summed E-state index contributed by atoms with van der Waals surface area (Å²) in [5.41, 5.74) is 3.45. The lowest BCUT2D eigenvalue weighted by Gasteiger charge is -2.08. The van der Waals surface area contributed by atoms with Crippen molar-refractivity contribution < 1.29 is 9.53 Å². The number of ether oxygens (including phenoxy) is 1. The fourth-order valence-corrected chi connectivity index (χ4v) is 2.80. The van der Waals surface area contributed by atoms with Crippen LogP contribution in [0.3, 0.4) is 0 Å². The number of imidazole rings is 1. The topological polar surface area (TPSA) is 55.6 Å². The number of anilines is 1. The monoisotopic (exact) mass is 377 g/mol. The van der Waals surface area contributed by atoms with E-state index in [2.05, 4.69) is 10.3 Å². The molecule has 0 aliphatic rings. The Morgan fingerprint density at radius 1 is 1.04 bits per heavy atom. The second-order valence-corrected chi connectivity index (χ2v) is 6.40. The number of halogens is 1. The van der Waals surface area contributed by atoms with Gasteiger partial charge in [-0.3, -0.25) is 4.79 Å². The molecule has 2 aromatic carbocycles. The van der Waals surface area contributed by atoms with E-state index in [1.807, 2.05) is 59.3 Å². The summed E-state index contributed by atoms with van der Waals surface area (Å²) in [5, 5.41) is 3.44. The van der Waals surface area contributed by atoms with Gasteiger partial charge in [-0.2, -0.15) is 0 Å². The van der Waals surface area contributed by atoms with Crippen LogP contribution >= 0.6 is 11.6 Å². The first-order valence-corrected chi connectivity index (χ1v) is 8.77. The number of hydrogen-bond donors (Lipinski definition) is 1. The van der Waals surface area contributed by atoms with Crippen LogP contribution in [0.4, 0.5) is 5.69 Å². The number of benzene rings is 2. The molecule has 4 rings (SSSR count). The molecule has 0 saturated heterocycles. The van der Waals surface area contributed by atoms with Crippen LogP contribution in [0.5, 0.6) is 5.75 Å². The van der Waals surface area contributed by atoms with E-state index in [-0.39, 0.29) is 12.5 Å². The summed E-state index contributed by atoms with van der Waals surface area (Å²) < 4.78 is 7.41. The van der Waals surface area contributed by atoms with Gasteiger partial charge in [0.15, 0.2) is 6.61 Å². The normalized spacial score (nSPS) is 10.7. The highest BCUT2D eigenvalue weighted by atomic mass is 35.5. The quantitative estimate of drug-likeness (QED) is 0.549. The lowest BCUT2D eigenvalue weighted by atomic mass is 10.1. The van der Waals surface area contributed by atoms with Crippen LogP contribution in [-0.2, 0) is 4.79 Å². The molecule has 0 bridgehead atoms. The van der Waals surface area contributed by atoms with Crippen molar-refractivity contribution in [2.24, 2.45) is 0 Å². The zero-order chi connectivity index (χ0) is 18.6. The number of pyridine rings is 1. The summed E-state index contributed by atoms with van der Waals surface area (Å²) in [7, 11) is 0. The maximum Gasteiger partial charge on any atom is 0.262 e. The molecule has 27 heavy (non-hydrogen) atoms. The highest BCUT2D eigenvalue weighted by Gasteiger charge is 2.06. The third-order valence-electron chi connectivity index (χ3n) is 4.01. The van der Waals surface area contributed by atoms with Crippen LogP contribution in [0.15, 0.2) is 79.1 Å². The van der Waals surface area contributed by atoms with Crippen LogP contribution in [-0.4, -0.2) is 21.9 Å². The van der Waals surface area contributed by atoms with Gasteiger partial charge in [0.05, 0.1) is 5.69 Å². The smallest absolute Gasteiger partial charge is 0.262 e. The summed E-state index contributed by atoms with van der Waals surface area (Å²) in [6.45, 7) is -0.0736. The molecule has 134 valence electrons. The summed E-state index contributed by atoms with van der Waals surface area (Å²) >= 11 is 5.82. The van der Waals surface area contributed by atoms with Gasteiger partial charge < -0.3 is 14.5 Å². The molecule has 0 saturated carbocycles. The average Bonchev–Trinajstić information content (AvgIpc) is 3.12. The third kappa shape index (κ3) is 4.10. The molecule has 1 amide bonds. The molecular weight excluding hydrogens is 362 g/mol. The summed E-state index contributed by atoms with van der Waals surface area (Å²) in [5.74, 6) is 0.363. The molecular formula is C21H16ClN3O2. The van der Waals surface area contributed by atoms with Crippen molar-refractivity contribution in [2.45, 2.75) is 0 Å². The van der Waals surface area contributed by atoms with Gasteiger partial charge in [-0.25, -0.2) is 4.98 Å². The highest BCUT2D eigenvalue weighted by molar-refractivity contribution is 6.30. The molecule has 4 aromatic rings. The molecule has 2 heterocycles. The van der Waals surface area contributed by atoms with Crippen molar-refractivity contribution in [3.05, 3.63) is 84.1 Å². The first-order chi connectivity index (χ1) is 13.2. The Morgan fingerprint density at radius 2 is 1.81 bits per heavy atom. The van der Waals surface area contributed by atoms with Crippen molar-refractivity contribution >= 4 is 28.8 Å². The summed E-state index contributed by atoms with van der Waals surface area (Å²) in [4.78, 5) is 16.6. The number of carbonyl (C=O) groups is 1. The van der Waals surface area contributed by atoms with Gasteiger partial charge in [0.2, 0.25) is 0 Å². The molecule has 0 spiro atoms. The Kier molecular flexibility index (Phi) is 4.77. The first kappa shape index (κ1) is 17.1. The summed E-state index contributed by atoms with van der Waals surface area (Å²) in [6.07, 6.45) is 3.93. The van der Waals surface area contributed by atoms with Crippen LogP contribution in [0.25, 0.3) is 16.9 Å². The molecule has 0 aliphatic carbocycles. The molecule has 0 unspecified atom stereocenters. The number of amides is 1. The fraction of sp³-hybridized carbons (Fsp3) is 0.0476. The van der Waals surface area contributed by atoms with Crippen molar-refractivity contribution in [1.29, 1.82) is 0 Å². The first-order valence-electron chi connectivity index (χ1n) is 8.40. The molecule has 6 heteroatoms. The Hall–Kier alpha value is -3.31. The molecule has 5 nitrogen and oxygen atoms in total. The zero-order valence-electron chi connectivity index (χ0n) is 14.3. The molecule has 0 radical (unpaired) electrons. The minimum Gasteiger partial charge on any atom is -0.484 e. The third-order valence-corrected chi connectivity index (χ3v) is 4.26. The maximum absolute atomic E-state index is 12.0. The SMILES string of the molecule is O=C(COc1ccc(Cl)cc1)Nc1ccc(-c2cn3ccccc3n2)cc1. The number of nitrogens with zero attached hydrogens (tertiary/aromatic N) is 2. The lowest BCUT2D eigenvalue weighted by Crippen LogP contribution is -2.20. The fourth-order valence-electron chi connectivity index (χ4n) is 2.67. The van der Waals surface area contributed by atoms with Gasteiger partial charge in [0, 0.05) is 28.7 Å². The Morgan fingerprint density at radius 3 is 2.56 bits per heavy atom. The lowest BCUT2D eigenvalue weighted by molar-refractivity contribution is -0.118. The molecule has 0 aliphatic heterocycles. The van der Waals surface area contributed by atoms with Crippen LogP contribution in [0.1, 0.15) is 0 Å². The Balaban J connectivity index is 1.38. The number of nitrogens with one attached hydrogen (secondary N) is 1. The number of aromatic nitrogens is 2. The summed E-state index contributed by atoms with van der Waals surface area (Å²) in [6, 6.07) is 20.3. The minimum atomic E-state index is -0.231. The van der Waals surface area contributed by atoms with E-state index in [4.69, 9.17) is 16.3 Å². The van der Waals surface area contributed by atoms with Gasteiger partial charge in [-0.15, -0.1) is 0 Å². The van der Waals surface area contributed by atoms with E-state index in [1.165, 1.54) is 0 Å². The number of fused-ring (bicyclic) bond motifs is 1. The van der Waals surface area contributed by atoms with Gasteiger partial charge in [0.25, 0.3) is 5.91 Å². The zero-order valence-corrected chi connectivity index (χ0v) is 15.1. The number of carbonyl (C=O) groups excluding carboxylic acids is 1. The van der Waals surface area contributed by atoms with Crippen molar-refractivity contribution in [3.8, 4) is 17.0 Å². The van der Waals surface area contributed by atoms with E-state index < -0.39 is 0 Å². The standard InChI is InChI=1S/C21H16ClN3O2/c22-16-6-10-18(11-7-16)27-14-21(26)23-17-8-4-15(5-9-17)19-13-25-12-2-1-3-20(25)24-19/h1-13H,14H2,(H,23,26). The van der Waals surface area contributed by atoms with E-state index in [0.29, 0.717) is 16.5 Å². The Bertz CT molecular complexity index is 1040. The largest absolute Gasteiger partial charge is 0.484 e. The van der Waals surface area contributed by atoms with Gasteiger partial charge in [0.1, 0.15) is 11.4 Å². The van der Waals surface area contributed by atoms with Crippen molar-refractivity contribution in [2.75, 3.05) is 11.9 Å². The van der Waals surface area contributed by atoms with E-state index in [1.54, 1.807) is 24.3 Å². The van der Waals surface area contributed by atoms with E-state index in [9.17, 15) is 4.79 Å². The predicted octanol–water partition coefficient (Wildman–Crippen LogP) is 4.67. The second kappa shape index (κ2) is 7.51. The van der Waals surface area contributed by atoms with Gasteiger partial charge in [-0.05, 0) is 48.5 Å². The minimum absolute atomic E-state index is 0.0736. The number of rotatable bonds is 5. The highest BCUT2D eigenvalue weighted by Crippen LogP contribution is 2.21. The molecule has 0 atom stereocenters. The van der Waals surface area contributed by atoms with E-state index in [0.717, 1.165) is 16.9 Å². The predicted molar refractivity (Wildman–Crippen MR) is 106 cm³/mol. The Labute approximate surface area is 161 Å². The second-order valence-electron chi connectivity index (χ2n) is 5.96. The van der Waals surface area contributed by atoms with Crippen LogP contribution < -0.4 is 10.1 Å². The van der Waals surface area contributed by atoms with Gasteiger partial charge >= 0.3 is 0 Å². The van der Waals surface area contributed by atoms with E-state index >= 15 is 0 Å². The maximum atomic E-state index is 12.0. The van der Waals surface area contributed by atoms with Crippen LogP contribution in [0.2, 0.25) is 5.02 Å². The van der Waals surface area contributed by atoms with Crippen molar-refractivity contribution in [3.63, 3.8) is 0 Å². The number of hydrogen-bond acceptors (Lipinski definition) is 3. The average molecular weight is 378 g/mol. The van der Waals surface area contributed by atoms with Crippen LogP contribution in [0, 0.1) is 0 Å².